The smallest absolute Gasteiger partial charge is 0.105 e. The summed E-state index contributed by atoms with van der Waals surface area (Å²) >= 11 is 0. The minimum absolute atomic E-state index is 0.295. The fourth-order valence-corrected chi connectivity index (χ4v) is 3.44. The maximum absolute atomic E-state index is 5.53. The van der Waals surface area contributed by atoms with E-state index in [0.29, 0.717) is 17.6 Å². The third-order valence-corrected chi connectivity index (χ3v) is 5.13. The first kappa shape index (κ1) is 15.6. The van der Waals surface area contributed by atoms with Gasteiger partial charge in [-0.15, -0.1) is 0 Å². The van der Waals surface area contributed by atoms with Gasteiger partial charge in [0.05, 0.1) is 6.26 Å². The largest absolute Gasteiger partial charge is 0.469 e. The number of rotatable bonds is 6. The molecule has 3 heteroatoms. The molecule has 0 bridgehead atoms. The first-order chi connectivity index (χ1) is 9.64. The van der Waals surface area contributed by atoms with Crippen LogP contribution in [0.3, 0.4) is 0 Å². The summed E-state index contributed by atoms with van der Waals surface area (Å²) in [5.74, 6) is 1.10. The molecule has 1 aliphatic rings. The van der Waals surface area contributed by atoms with Crippen molar-refractivity contribution in [1.29, 1.82) is 0 Å². The number of furan rings is 1. The minimum Gasteiger partial charge on any atom is -0.469 e. The Hall–Kier alpha value is -0.800. The predicted octanol–water partition coefficient (Wildman–Crippen LogP) is 3.45. The molecular formula is C17H30N2O. The lowest BCUT2D eigenvalue weighted by Crippen LogP contribution is -2.65. The summed E-state index contributed by atoms with van der Waals surface area (Å²) < 4.78 is 5.53. The highest BCUT2D eigenvalue weighted by molar-refractivity contribution is 5.03. The molecule has 0 amide bonds. The molecule has 2 rings (SSSR count). The van der Waals surface area contributed by atoms with Crippen molar-refractivity contribution in [3.63, 3.8) is 0 Å². The molecule has 20 heavy (non-hydrogen) atoms. The van der Waals surface area contributed by atoms with Crippen LogP contribution in [-0.2, 0) is 6.42 Å². The van der Waals surface area contributed by atoms with Crippen LogP contribution >= 0.6 is 0 Å². The standard InChI is InChI=1S/C17H30N2O/c1-5-15-12-18-17(6-2,7-3)13-19(15)14(4)11-16-9-8-10-20-16/h8-10,14-15,18H,5-7,11-13H2,1-4H3. The molecule has 0 aromatic carbocycles. The third kappa shape index (κ3) is 3.26. The van der Waals surface area contributed by atoms with Crippen LogP contribution in [0.15, 0.2) is 22.8 Å². The van der Waals surface area contributed by atoms with Crippen molar-refractivity contribution in [1.82, 2.24) is 10.2 Å². The number of nitrogens with one attached hydrogen (secondary N) is 1. The van der Waals surface area contributed by atoms with Gasteiger partial charge in [-0.05, 0) is 38.3 Å². The molecule has 1 aliphatic heterocycles. The van der Waals surface area contributed by atoms with E-state index < -0.39 is 0 Å². The molecule has 2 atom stereocenters. The van der Waals surface area contributed by atoms with Gasteiger partial charge in [0.2, 0.25) is 0 Å². The summed E-state index contributed by atoms with van der Waals surface area (Å²) in [5, 5.41) is 3.81. The molecule has 114 valence electrons. The van der Waals surface area contributed by atoms with Crippen LogP contribution in [0, 0.1) is 0 Å². The van der Waals surface area contributed by atoms with E-state index in [-0.39, 0.29) is 0 Å². The Morgan fingerprint density at radius 2 is 2.15 bits per heavy atom. The molecule has 1 fully saturated rings. The fourth-order valence-electron chi connectivity index (χ4n) is 3.44. The Balaban J connectivity index is 2.08. The summed E-state index contributed by atoms with van der Waals surface area (Å²) in [6.07, 6.45) is 6.39. The maximum Gasteiger partial charge on any atom is 0.105 e. The van der Waals surface area contributed by atoms with Crippen molar-refractivity contribution in [2.45, 2.75) is 71.0 Å². The number of hydrogen-bond acceptors (Lipinski definition) is 3. The highest BCUT2D eigenvalue weighted by Gasteiger charge is 2.37. The molecule has 1 aromatic heterocycles. The zero-order chi connectivity index (χ0) is 14.6. The molecule has 1 N–H and O–H groups in total. The summed E-state index contributed by atoms with van der Waals surface area (Å²) in [5.41, 5.74) is 0.295. The zero-order valence-electron chi connectivity index (χ0n) is 13.5. The van der Waals surface area contributed by atoms with Gasteiger partial charge in [0.15, 0.2) is 0 Å². The van der Waals surface area contributed by atoms with Gasteiger partial charge >= 0.3 is 0 Å². The summed E-state index contributed by atoms with van der Waals surface area (Å²) in [6.45, 7) is 11.5. The molecule has 0 radical (unpaired) electrons. The van der Waals surface area contributed by atoms with Crippen LogP contribution in [0.2, 0.25) is 0 Å². The Kier molecular flexibility index (Phi) is 5.28. The zero-order valence-corrected chi connectivity index (χ0v) is 13.5. The van der Waals surface area contributed by atoms with E-state index >= 15 is 0 Å². The Bertz CT molecular complexity index is 384. The van der Waals surface area contributed by atoms with Gasteiger partial charge in [0, 0.05) is 37.1 Å². The average molecular weight is 278 g/mol. The Labute approximate surface area is 123 Å². The first-order valence-corrected chi connectivity index (χ1v) is 8.17. The predicted molar refractivity (Wildman–Crippen MR) is 84.0 cm³/mol. The van der Waals surface area contributed by atoms with Gasteiger partial charge in [-0.2, -0.15) is 0 Å². The van der Waals surface area contributed by atoms with Crippen LogP contribution in [0.1, 0.15) is 52.7 Å². The normalized spacial score (nSPS) is 24.7. The summed E-state index contributed by atoms with van der Waals surface area (Å²) in [7, 11) is 0. The van der Waals surface area contributed by atoms with Crippen LogP contribution < -0.4 is 5.32 Å². The Morgan fingerprint density at radius 3 is 2.70 bits per heavy atom. The molecule has 1 aromatic rings. The molecule has 0 saturated carbocycles. The van der Waals surface area contributed by atoms with Gasteiger partial charge < -0.3 is 9.73 Å². The molecule has 2 heterocycles. The summed E-state index contributed by atoms with van der Waals surface area (Å²) in [4.78, 5) is 2.70. The third-order valence-electron chi connectivity index (χ3n) is 5.13. The van der Waals surface area contributed by atoms with Gasteiger partial charge in [0.1, 0.15) is 5.76 Å². The Morgan fingerprint density at radius 1 is 1.40 bits per heavy atom. The molecular weight excluding hydrogens is 248 g/mol. The first-order valence-electron chi connectivity index (χ1n) is 8.17. The van der Waals surface area contributed by atoms with E-state index in [2.05, 4.69) is 44.0 Å². The van der Waals surface area contributed by atoms with Crippen molar-refractivity contribution in [3.8, 4) is 0 Å². The fraction of sp³-hybridized carbons (Fsp3) is 0.765. The van der Waals surface area contributed by atoms with E-state index in [0.717, 1.165) is 25.3 Å². The molecule has 3 nitrogen and oxygen atoms in total. The van der Waals surface area contributed by atoms with Crippen LogP contribution in [0.5, 0.6) is 0 Å². The highest BCUT2D eigenvalue weighted by atomic mass is 16.3. The number of piperazine rings is 1. The topological polar surface area (TPSA) is 28.4 Å². The second kappa shape index (κ2) is 6.77. The molecule has 0 aliphatic carbocycles. The van der Waals surface area contributed by atoms with Crippen molar-refractivity contribution in [2.75, 3.05) is 13.1 Å². The second-order valence-electron chi connectivity index (χ2n) is 6.24. The van der Waals surface area contributed by atoms with Gasteiger partial charge in [-0.25, -0.2) is 0 Å². The van der Waals surface area contributed by atoms with E-state index in [4.69, 9.17) is 4.42 Å². The lowest BCUT2D eigenvalue weighted by molar-refractivity contribution is 0.0390. The average Bonchev–Trinajstić information content (AvgIpc) is 2.99. The quantitative estimate of drug-likeness (QED) is 0.864. The molecule has 1 saturated heterocycles. The summed E-state index contributed by atoms with van der Waals surface area (Å²) in [6, 6.07) is 5.25. The van der Waals surface area contributed by atoms with Crippen molar-refractivity contribution in [2.24, 2.45) is 0 Å². The van der Waals surface area contributed by atoms with Crippen molar-refractivity contribution >= 4 is 0 Å². The van der Waals surface area contributed by atoms with Gasteiger partial charge in [-0.1, -0.05) is 20.8 Å². The van der Waals surface area contributed by atoms with Crippen molar-refractivity contribution in [3.05, 3.63) is 24.2 Å². The lowest BCUT2D eigenvalue weighted by Gasteiger charge is -2.49. The maximum atomic E-state index is 5.53. The SMILES string of the molecule is CCC1CNC(CC)(CC)CN1C(C)Cc1ccco1. The molecule has 2 unspecified atom stereocenters. The highest BCUT2D eigenvalue weighted by Crippen LogP contribution is 2.26. The van der Waals surface area contributed by atoms with E-state index in [1.54, 1.807) is 6.26 Å². The van der Waals surface area contributed by atoms with E-state index in [9.17, 15) is 0 Å². The van der Waals surface area contributed by atoms with Crippen LogP contribution in [-0.4, -0.2) is 35.6 Å². The van der Waals surface area contributed by atoms with E-state index in [1.165, 1.54) is 19.3 Å². The monoisotopic (exact) mass is 278 g/mol. The van der Waals surface area contributed by atoms with Gasteiger partial charge in [0.25, 0.3) is 0 Å². The minimum atomic E-state index is 0.295. The van der Waals surface area contributed by atoms with Gasteiger partial charge in [-0.3, -0.25) is 4.90 Å². The molecule has 0 spiro atoms. The van der Waals surface area contributed by atoms with Crippen LogP contribution in [0.25, 0.3) is 0 Å². The second-order valence-corrected chi connectivity index (χ2v) is 6.24. The van der Waals surface area contributed by atoms with E-state index in [1.807, 2.05) is 6.07 Å². The number of hydrogen-bond donors (Lipinski definition) is 1. The van der Waals surface area contributed by atoms with Crippen LogP contribution in [0.4, 0.5) is 0 Å². The number of nitrogens with zero attached hydrogens (tertiary/aromatic N) is 1. The van der Waals surface area contributed by atoms with Crippen molar-refractivity contribution < 1.29 is 4.42 Å². The lowest BCUT2D eigenvalue weighted by atomic mass is 9.87.